The molecule has 0 amide bonds. The van der Waals surface area contributed by atoms with Gasteiger partial charge in [0.25, 0.3) is 0 Å². The van der Waals surface area contributed by atoms with E-state index < -0.39 is 0 Å². The van der Waals surface area contributed by atoms with Gasteiger partial charge in [0, 0.05) is 0 Å². The summed E-state index contributed by atoms with van der Waals surface area (Å²) in [7, 11) is 0. The van der Waals surface area contributed by atoms with Crippen LogP contribution in [0.15, 0.2) is 12.2 Å². The Morgan fingerprint density at radius 3 is 1.78 bits per heavy atom. The van der Waals surface area contributed by atoms with Gasteiger partial charge < -0.3 is 0 Å². The van der Waals surface area contributed by atoms with Gasteiger partial charge >= 0.3 is 0 Å². The molecule has 15 unspecified atom stereocenters. The van der Waals surface area contributed by atoms with Crippen LogP contribution in [0.3, 0.4) is 0 Å². The number of fused-ring (bicyclic) bond motifs is 23. The van der Waals surface area contributed by atoms with Gasteiger partial charge in [-0.25, -0.2) is 0 Å². The van der Waals surface area contributed by atoms with Crippen LogP contribution < -0.4 is 0 Å². The molecule has 0 heteroatoms. The smallest absolute Gasteiger partial charge is 0.0194 e. The highest BCUT2D eigenvalue weighted by atomic mass is 14.8. The van der Waals surface area contributed by atoms with Crippen LogP contribution in [0.5, 0.6) is 0 Å². The maximum absolute atomic E-state index is 2.65. The standard InChI is InChI=1S/C23H30/c1-9-4-12-6-13(9)21-17-8-16(20(12)21)22-14-7-15(23(17)22)19-11-3-2-10(5-11)18(14)19/h2-3,9-23H,4-8H2,1H3. The zero-order valence-corrected chi connectivity index (χ0v) is 14.4. The Labute approximate surface area is 140 Å². The van der Waals surface area contributed by atoms with E-state index >= 15 is 0 Å². The van der Waals surface area contributed by atoms with E-state index in [2.05, 4.69) is 19.1 Å². The summed E-state index contributed by atoms with van der Waals surface area (Å²) in [5.41, 5.74) is 0. The molecule has 0 N–H and O–H groups in total. The molecule has 0 aromatic heterocycles. The first-order valence-electron chi connectivity index (χ1n) is 11.0. The third kappa shape index (κ3) is 1.08. The minimum Gasteiger partial charge on any atom is -0.0848 e. The SMILES string of the molecule is CC1CC2CC1C1C3CC(C21)C1C2CC(C4C5C=CC(C5)C24)C31. The van der Waals surface area contributed by atoms with E-state index in [1.54, 1.807) is 32.1 Å². The van der Waals surface area contributed by atoms with Crippen LogP contribution in [-0.2, 0) is 0 Å². The van der Waals surface area contributed by atoms with Crippen LogP contribution in [-0.4, -0.2) is 0 Å². The largest absolute Gasteiger partial charge is 0.0848 e. The van der Waals surface area contributed by atoms with Crippen LogP contribution in [0.2, 0.25) is 0 Å². The first-order valence-corrected chi connectivity index (χ1v) is 11.0. The maximum Gasteiger partial charge on any atom is -0.0194 e. The summed E-state index contributed by atoms with van der Waals surface area (Å²) in [6.07, 6.45) is 13.5. The van der Waals surface area contributed by atoms with Crippen LogP contribution in [0.4, 0.5) is 0 Å². The fourth-order valence-electron chi connectivity index (χ4n) is 11.8. The molecule has 8 rings (SSSR count). The Morgan fingerprint density at radius 2 is 1.09 bits per heavy atom. The summed E-state index contributed by atoms with van der Waals surface area (Å²) in [6, 6.07) is 0. The summed E-state index contributed by atoms with van der Waals surface area (Å²) in [6.45, 7) is 2.60. The quantitative estimate of drug-likeness (QED) is 0.443. The second kappa shape index (κ2) is 3.49. The molecule has 122 valence electrons. The summed E-state index contributed by atoms with van der Waals surface area (Å²) >= 11 is 0. The monoisotopic (exact) mass is 306 g/mol. The van der Waals surface area contributed by atoms with Crippen molar-refractivity contribution in [1.82, 2.24) is 0 Å². The molecule has 0 aliphatic heterocycles. The lowest BCUT2D eigenvalue weighted by atomic mass is 9.54. The van der Waals surface area contributed by atoms with Crippen molar-refractivity contribution in [2.75, 3.05) is 0 Å². The van der Waals surface area contributed by atoms with Gasteiger partial charge in [-0.2, -0.15) is 0 Å². The molecule has 8 aliphatic rings. The van der Waals surface area contributed by atoms with Crippen LogP contribution in [0, 0.1) is 88.8 Å². The lowest BCUT2D eigenvalue weighted by molar-refractivity contribution is -0.0256. The highest BCUT2D eigenvalue weighted by Crippen LogP contribution is 2.81. The fraction of sp³-hybridized carbons (Fsp3) is 0.913. The average Bonchev–Trinajstić information content (AvgIpc) is 3.34. The number of rotatable bonds is 0. The normalized spacial score (nSPS) is 77.2. The van der Waals surface area contributed by atoms with Crippen molar-refractivity contribution in [3.8, 4) is 0 Å². The molecule has 0 aromatic rings. The van der Waals surface area contributed by atoms with E-state index in [4.69, 9.17) is 0 Å². The Balaban J connectivity index is 1.24. The number of allylic oxidation sites excluding steroid dienone is 2. The van der Waals surface area contributed by atoms with E-state index in [9.17, 15) is 0 Å². The number of hydrogen-bond acceptors (Lipinski definition) is 0. The molecule has 0 radical (unpaired) electrons. The molecule has 0 heterocycles. The van der Waals surface area contributed by atoms with Gasteiger partial charge in [-0.05, 0) is 121 Å². The minimum absolute atomic E-state index is 1.02. The molecule has 15 atom stereocenters. The highest BCUT2D eigenvalue weighted by molar-refractivity contribution is 5.27. The summed E-state index contributed by atoms with van der Waals surface area (Å²) in [5, 5.41) is 0. The van der Waals surface area contributed by atoms with E-state index in [-0.39, 0.29) is 0 Å². The van der Waals surface area contributed by atoms with Crippen LogP contribution in [0.25, 0.3) is 0 Å². The van der Waals surface area contributed by atoms with E-state index in [0.29, 0.717) is 0 Å². The average molecular weight is 306 g/mol. The number of hydrogen-bond donors (Lipinski definition) is 0. The van der Waals surface area contributed by atoms with E-state index in [1.165, 1.54) is 53.3 Å². The van der Waals surface area contributed by atoms with E-state index in [0.717, 1.165) is 35.5 Å². The van der Waals surface area contributed by atoms with Crippen molar-refractivity contribution < 1.29 is 0 Å². The predicted molar refractivity (Wildman–Crippen MR) is 90.2 cm³/mol. The highest BCUT2D eigenvalue weighted by Gasteiger charge is 2.75. The molecule has 8 bridgehead atoms. The molecule has 0 aromatic carbocycles. The Hall–Kier alpha value is -0.260. The molecule has 0 spiro atoms. The van der Waals surface area contributed by atoms with Gasteiger partial charge in [0.05, 0.1) is 0 Å². The summed E-state index contributed by atoms with van der Waals surface area (Å²) in [5.74, 6) is 17.4. The lowest BCUT2D eigenvalue weighted by Crippen LogP contribution is -2.46. The van der Waals surface area contributed by atoms with Crippen molar-refractivity contribution in [3.05, 3.63) is 12.2 Å². The van der Waals surface area contributed by atoms with Crippen molar-refractivity contribution in [2.24, 2.45) is 88.8 Å². The third-order valence-corrected chi connectivity index (χ3v) is 11.5. The van der Waals surface area contributed by atoms with Crippen molar-refractivity contribution in [1.29, 1.82) is 0 Å². The summed E-state index contributed by atoms with van der Waals surface area (Å²) < 4.78 is 0. The van der Waals surface area contributed by atoms with Gasteiger partial charge in [-0.1, -0.05) is 19.1 Å². The second-order valence-electron chi connectivity index (χ2n) is 11.4. The molecule has 7 saturated carbocycles. The Morgan fingerprint density at radius 1 is 0.522 bits per heavy atom. The lowest BCUT2D eigenvalue weighted by Gasteiger charge is -2.50. The Kier molecular flexibility index (Phi) is 1.85. The van der Waals surface area contributed by atoms with Gasteiger partial charge in [0.2, 0.25) is 0 Å². The molecule has 0 saturated heterocycles. The minimum atomic E-state index is 1.02. The third-order valence-electron chi connectivity index (χ3n) is 11.5. The van der Waals surface area contributed by atoms with E-state index in [1.807, 2.05) is 0 Å². The molecule has 8 aliphatic carbocycles. The maximum atomic E-state index is 2.65. The fourth-order valence-corrected chi connectivity index (χ4v) is 11.8. The van der Waals surface area contributed by atoms with Gasteiger partial charge in [-0.15, -0.1) is 0 Å². The zero-order valence-electron chi connectivity index (χ0n) is 14.4. The van der Waals surface area contributed by atoms with Gasteiger partial charge in [-0.3, -0.25) is 0 Å². The van der Waals surface area contributed by atoms with Gasteiger partial charge in [0.15, 0.2) is 0 Å². The molecule has 0 nitrogen and oxygen atoms in total. The van der Waals surface area contributed by atoms with Crippen molar-refractivity contribution >= 4 is 0 Å². The zero-order chi connectivity index (χ0) is 14.6. The van der Waals surface area contributed by atoms with Crippen LogP contribution >= 0.6 is 0 Å². The molecular formula is C23H30. The molecular weight excluding hydrogens is 276 g/mol. The van der Waals surface area contributed by atoms with Crippen LogP contribution in [0.1, 0.15) is 39.0 Å². The van der Waals surface area contributed by atoms with Crippen molar-refractivity contribution in [3.63, 3.8) is 0 Å². The first-order chi connectivity index (χ1) is 11.3. The first kappa shape index (κ1) is 12.2. The Bertz CT molecular complexity index is 632. The second-order valence-corrected chi connectivity index (χ2v) is 11.4. The predicted octanol–water partition coefficient (Wildman–Crippen LogP) is 4.86. The van der Waals surface area contributed by atoms with Crippen molar-refractivity contribution in [2.45, 2.75) is 39.0 Å². The topological polar surface area (TPSA) is 0 Å². The van der Waals surface area contributed by atoms with Gasteiger partial charge in [0.1, 0.15) is 0 Å². The summed E-state index contributed by atoms with van der Waals surface area (Å²) in [4.78, 5) is 0. The molecule has 23 heavy (non-hydrogen) atoms. The molecule has 7 fully saturated rings.